The van der Waals surface area contributed by atoms with Gasteiger partial charge in [-0.15, -0.1) is 0 Å². The van der Waals surface area contributed by atoms with Crippen LogP contribution in [0.15, 0.2) is 47.0 Å². The van der Waals surface area contributed by atoms with E-state index in [9.17, 15) is 4.39 Å². The molecule has 0 aliphatic heterocycles. The SMILES string of the molecule is CCCC(CCC(C)CC)Cc1nc2ccc(-c3c[nH]c4cc(F)ccc34)cc2o1. The van der Waals surface area contributed by atoms with Gasteiger partial charge in [-0.05, 0) is 54.2 Å². The lowest BCUT2D eigenvalue weighted by molar-refractivity contribution is 0.354. The van der Waals surface area contributed by atoms with E-state index < -0.39 is 0 Å². The topological polar surface area (TPSA) is 41.8 Å². The second kappa shape index (κ2) is 9.03. The monoisotopic (exact) mass is 406 g/mol. The molecule has 4 rings (SSSR count). The zero-order chi connectivity index (χ0) is 21.1. The third-order valence-corrected chi connectivity index (χ3v) is 6.31. The molecule has 0 bridgehead atoms. The number of rotatable bonds is 9. The molecule has 3 nitrogen and oxygen atoms in total. The lowest BCUT2D eigenvalue weighted by Gasteiger charge is -2.16. The molecular weight excluding hydrogens is 375 g/mol. The number of oxazole rings is 1. The number of hydrogen-bond acceptors (Lipinski definition) is 2. The van der Waals surface area contributed by atoms with Crippen LogP contribution in [0.5, 0.6) is 0 Å². The Balaban J connectivity index is 1.57. The van der Waals surface area contributed by atoms with Crippen molar-refractivity contribution in [1.82, 2.24) is 9.97 Å². The van der Waals surface area contributed by atoms with Crippen molar-refractivity contribution >= 4 is 22.0 Å². The highest BCUT2D eigenvalue weighted by Crippen LogP contribution is 2.32. The van der Waals surface area contributed by atoms with E-state index in [0.29, 0.717) is 5.92 Å². The molecule has 2 aromatic carbocycles. The van der Waals surface area contributed by atoms with Gasteiger partial charge < -0.3 is 9.40 Å². The summed E-state index contributed by atoms with van der Waals surface area (Å²) in [4.78, 5) is 7.92. The summed E-state index contributed by atoms with van der Waals surface area (Å²) in [5.41, 5.74) is 4.60. The van der Waals surface area contributed by atoms with Gasteiger partial charge in [0, 0.05) is 29.1 Å². The van der Waals surface area contributed by atoms with E-state index in [0.717, 1.165) is 51.4 Å². The van der Waals surface area contributed by atoms with Gasteiger partial charge in [0.25, 0.3) is 0 Å². The van der Waals surface area contributed by atoms with Crippen LogP contribution >= 0.6 is 0 Å². The number of benzene rings is 2. The van der Waals surface area contributed by atoms with Crippen LogP contribution in [-0.4, -0.2) is 9.97 Å². The van der Waals surface area contributed by atoms with Gasteiger partial charge in [0.2, 0.25) is 0 Å². The number of hydrogen-bond donors (Lipinski definition) is 1. The number of nitrogens with zero attached hydrogens (tertiary/aromatic N) is 1. The van der Waals surface area contributed by atoms with Gasteiger partial charge in [-0.2, -0.15) is 0 Å². The van der Waals surface area contributed by atoms with Gasteiger partial charge in [-0.25, -0.2) is 9.37 Å². The van der Waals surface area contributed by atoms with E-state index in [4.69, 9.17) is 9.40 Å². The van der Waals surface area contributed by atoms with E-state index in [2.05, 4.69) is 31.8 Å². The van der Waals surface area contributed by atoms with Gasteiger partial charge in [0.15, 0.2) is 11.5 Å². The summed E-state index contributed by atoms with van der Waals surface area (Å²) in [5, 5.41) is 1.00. The average molecular weight is 407 g/mol. The van der Waals surface area contributed by atoms with Crippen molar-refractivity contribution in [2.24, 2.45) is 11.8 Å². The van der Waals surface area contributed by atoms with Crippen molar-refractivity contribution in [3.8, 4) is 11.1 Å². The zero-order valence-corrected chi connectivity index (χ0v) is 18.2. The fourth-order valence-electron chi connectivity index (χ4n) is 4.29. The second-order valence-corrected chi connectivity index (χ2v) is 8.63. The molecule has 4 heteroatoms. The molecule has 4 aromatic rings. The van der Waals surface area contributed by atoms with E-state index in [1.807, 2.05) is 24.4 Å². The largest absolute Gasteiger partial charge is 0.441 e. The maximum Gasteiger partial charge on any atom is 0.195 e. The first-order chi connectivity index (χ1) is 14.6. The van der Waals surface area contributed by atoms with Crippen molar-refractivity contribution in [3.05, 3.63) is 54.3 Å². The highest BCUT2D eigenvalue weighted by molar-refractivity contribution is 5.97. The number of fused-ring (bicyclic) bond motifs is 2. The third-order valence-electron chi connectivity index (χ3n) is 6.31. The van der Waals surface area contributed by atoms with Crippen LogP contribution in [0.4, 0.5) is 4.39 Å². The van der Waals surface area contributed by atoms with E-state index in [1.54, 1.807) is 0 Å². The summed E-state index contributed by atoms with van der Waals surface area (Å²) < 4.78 is 19.7. The number of H-pyrrole nitrogens is 1. The summed E-state index contributed by atoms with van der Waals surface area (Å²) in [7, 11) is 0. The fraction of sp³-hybridized carbons (Fsp3) is 0.423. The summed E-state index contributed by atoms with van der Waals surface area (Å²) in [6.07, 6.45) is 8.98. The molecule has 158 valence electrons. The maximum atomic E-state index is 13.5. The molecule has 2 unspecified atom stereocenters. The lowest BCUT2D eigenvalue weighted by Crippen LogP contribution is -2.07. The Morgan fingerprint density at radius 1 is 1.07 bits per heavy atom. The Hall–Kier alpha value is -2.62. The Morgan fingerprint density at radius 2 is 1.93 bits per heavy atom. The molecule has 0 spiro atoms. The summed E-state index contributed by atoms with van der Waals surface area (Å²) in [5.74, 6) is 2.01. The number of aromatic amines is 1. The van der Waals surface area contributed by atoms with Gasteiger partial charge in [-0.1, -0.05) is 52.5 Å². The molecular formula is C26H31FN2O. The van der Waals surface area contributed by atoms with Crippen LogP contribution in [0.25, 0.3) is 33.1 Å². The first-order valence-corrected chi connectivity index (χ1v) is 11.2. The summed E-state index contributed by atoms with van der Waals surface area (Å²) >= 11 is 0. The predicted molar refractivity (Wildman–Crippen MR) is 122 cm³/mol. The number of halogens is 1. The fourth-order valence-corrected chi connectivity index (χ4v) is 4.29. The molecule has 0 aliphatic carbocycles. The molecule has 0 radical (unpaired) electrons. The predicted octanol–water partition coefficient (Wildman–Crippen LogP) is 7.90. The van der Waals surface area contributed by atoms with E-state index in [-0.39, 0.29) is 5.82 Å². The highest BCUT2D eigenvalue weighted by Gasteiger charge is 2.16. The molecule has 0 amide bonds. The minimum absolute atomic E-state index is 0.235. The molecule has 0 saturated carbocycles. The van der Waals surface area contributed by atoms with Crippen molar-refractivity contribution in [3.63, 3.8) is 0 Å². The maximum absolute atomic E-state index is 13.5. The molecule has 2 atom stereocenters. The number of aromatic nitrogens is 2. The molecule has 30 heavy (non-hydrogen) atoms. The summed E-state index contributed by atoms with van der Waals surface area (Å²) in [6.45, 7) is 6.85. The molecule has 2 heterocycles. The minimum Gasteiger partial charge on any atom is -0.441 e. The Bertz CT molecular complexity index is 1130. The normalized spacial score (nSPS) is 13.9. The first kappa shape index (κ1) is 20.6. The second-order valence-electron chi connectivity index (χ2n) is 8.63. The molecule has 0 saturated heterocycles. The van der Waals surface area contributed by atoms with Crippen LogP contribution in [0.1, 0.15) is 58.8 Å². The number of nitrogens with one attached hydrogen (secondary N) is 1. The molecule has 0 fully saturated rings. The molecule has 0 aliphatic rings. The van der Waals surface area contributed by atoms with E-state index >= 15 is 0 Å². The van der Waals surface area contributed by atoms with Gasteiger partial charge in [0.1, 0.15) is 11.3 Å². The average Bonchev–Trinajstić information content (AvgIpc) is 3.34. The first-order valence-electron chi connectivity index (χ1n) is 11.2. The van der Waals surface area contributed by atoms with Crippen LogP contribution in [0, 0.1) is 17.7 Å². The van der Waals surface area contributed by atoms with Crippen LogP contribution in [-0.2, 0) is 6.42 Å². The standard InChI is InChI=1S/C26H31FN2O/c1-4-6-18(8-7-17(3)5-2)13-26-29-23-12-9-19(14-25(23)30-26)22-16-28-24-15-20(27)10-11-21(22)24/h9-12,14-18,28H,4-8,13H2,1-3H3. The van der Waals surface area contributed by atoms with Crippen molar-refractivity contribution in [2.45, 2.75) is 59.3 Å². The zero-order valence-electron chi connectivity index (χ0n) is 18.2. The quantitative estimate of drug-likeness (QED) is 0.307. The summed E-state index contributed by atoms with van der Waals surface area (Å²) in [6, 6.07) is 11.0. The van der Waals surface area contributed by atoms with E-state index in [1.165, 1.54) is 44.2 Å². The Morgan fingerprint density at radius 3 is 2.73 bits per heavy atom. The molecule has 2 aromatic heterocycles. The van der Waals surface area contributed by atoms with Crippen molar-refractivity contribution in [2.75, 3.05) is 0 Å². The van der Waals surface area contributed by atoms with Gasteiger partial charge in [-0.3, -0.25) is 0 Å². The third kappa shape index (κ3) is 4.43. The van der Waals surface area contributed by atoms with Gasteiger partial charge >= 0.3 is 0 Å². The molecule has 1 N–H and O–H groups in total. The Labute approximate surface area is 177 Å². The lowest BCUT2D eigenvalue weighted by atomic mass is 9.90. The van der Waals surface area contributed by atoms with Crippen molar-refractivity contribution in [1.29, 1.82) is 0 Å². The van der Waals surface area contributed by atoms with Crippen LogP contribution in [0.3, 0.4) is 0 Å². The smallest absolute Gasteiger partial charge is 0.195 e. The van der Waals surface area contributed by atoms with Crippen molar-refractivity contribution < 1.29 is 8.81 Å². The highest BCUT2D eigenvalue weighted by atomic mass is 19.1. The van der Waals surface area contributed by atoms with Crippen LogP contribution < -0.4 is 0 Å². The van der Waals surface area contributed by atoms with Crippen LogP contribution in [0.2, 0.25) is 0 Å². The Kier molecular flexibility index (Phi) is 6.21. The minimum atomic E-state index is -0.235. The van der Waals surface area contributed by atoms with Gasteiger partial charge in [0.05, 0.1) is 0 Å².